The third kappa shape index (κ3) is 5.43. The molecule has 0 saturated carbocycles. The number of rotatable bonds is 7. The van der Waals surface area contributed by atoms with Crippen molar-refractivity contribution in [3.63, 3.8) is 0 Å². The zero-order chi connectivity index (χ0) is 15.4. The van der Waals surface area contributed by atoms with E-state index in [1.807, 2.05) is 0 Å². The van der Waals surface area contributed by atoms with Crippen LogP contribution in [0.1, 0.15) is 68.2 Å². The first kappa shape index (κ1) is 18.9. The number of nitrogens with two attached hydrogens (primary N) is 1. The van der Waals surface area contributed by atoms with Crippen LogP contribution < -0.4 is 5.73 Å². The average Bonchev–Trinajstić information content (AvgIpc) is 2.23. The van der Waals surface area contributed by atoms with Crippen LogP contribution in [0.4, 0.5) is 0 Å². The van der Waals surface area contributed by atoms with Gasteiger partial charge in [-0.1, -0.05) is 48.5 Å². The molecule has 0 heterocycles. The fourth-order valence-electron chi connectivity index (χ4n) is 3.19. The predicted octanol–water partition coefficient (Wildman–Crippen LogP) is 4.14. The van der Waals surface area contributed by atoms with Gasteiger partial charge in [-0.25, -0.2) is 0 Å². The van der Waals surface area contributed by atoms with E-state index in [1.54, 1.807) is 0 Å². The van der Waals surface area contributed by atoms with E-state index in [-0.39, 0.29) is 11.0 Å². The second kappa shape index (κ2) is 7.08. The van der Waals surface area contributed by atoms with Crippen molar-refractivity contribution in [3.8, 4) is 0 Å². The Labute approximate surface area is 122 Å². The summed E-state index contributed by atoms with van der Waals surface area (Å²) in [6.07, 6.45) is 2.36. The van der Waals surface area contributed by atoms with Crippen molar-refractivity contribution in [2.45, 2.75) is 79.8 Å². The molecule has 2 nitrogen and oxygen atoms in total. The molecule has 0 aromatic heterocycles. The summed E-state index contributed by atoms with van der Waals surface area (Å²) < 4.78 is 0. The molecule has 0 amide bonds. The van der Waals surface area contributed by atoms with E-state index in [2.05, 4.69) is 67.3 Å². The molecule has 0 radical (unpaired) electrons. The van der Waals surface area contributed by atoms with E-state index in [0.717, 1.165) is 6.54 Å². The monoisotopic (exact) mass is 270 g/mol. The van der Waals surface area contributed by atoms with E-state index in [0.29, 0.717) is 17.9 Å². The molecule has 0 aromatic rings. The minimum absolute atomic E-state index is 0.134. The van der Waals surface area contributed by atoms with Crippen molar-refractivity contribution in [3.05, 3.63) is 0 Å². The van der Waals surface area contributed by atoms with Gasteiger partial charge in [0.2, 0.25) is 0 Å². The summed E-state index contributed by atoms with van der Waals surface area (Å²) in [4.78, 5) is 2.56. The molecule has 0 aromatic carbocycles. The topological polar surface area (TPSA) is 29.3 Å². The Kier molecular flexibility index (Phi) is 7.05. The molecular weight excluding hydrogens is 232 g/mol. The van der Waals surface area contributed by atoms with Crippen LogP contribution in [-0.4, -0.2) is 30.1 Å². The number of hydrogen-bond acceptors (Lipinski definition) is 2. The van der Waals surface area contributed by atoms with Crippen molar-refractivity contribution in [1.29, 1.82) is 0 Å². The van der Waals surface area contributed by atoms with Gasteiger partial charge in [0, 0.05) is 18.1 Å². The molecule has 0 saturated heterocycles. The zero-order valence-corrected chi connectivity index (χ0v) is 14.9. The van der Waals surface area contributed by atoms with Crippen LogP contribution in [-0.2, 0) is 0 Å². The lowest BCUT2D eigenvalue weighted by atomic mass is 9.77. The summed E-state index contributed by atoms with van der Waals surface area (Å²) in [6.45, 7) is 19.3. The maximum Gasteiger partial charge on any atom is 0.0336 e. The van der Waals surface area contributed by atoms with E-state index in [9.17, 15) is 0 Å². The molecule has 2 N–H and O–H groups in total. The molecular formula is C17H38N2. The fraction of sp³-hybridized carbons (Fsp3) is 1.00. The maximum atomic E-state index is 6.24. The van der Waals surface area contributed by atoms with E-state index in [1.165, 1.54) is 12.8 Å². The molecule has 19 heavy (non-hydrogen) atoms. The molecule has 0 aliphatic carbocycles. The Hall–Kier alpha value is -0.0800. The van der Waals surface area contributed by atoms with E-state index >= 15 is 0 Å². The predicted molar refractivity (Wildman–Crippen MR) is 87.4 cm³/mol. The smallest absolute Gasteiger partial charge is 0.0336 e. The molecule has 0 spiro atoms. The maximum absolute atomic E-state index is 6.24. The van der Waals surface area contributed by atoms with Gasteiger partial charge in [0.05, 0.1) is 0 Å². The summed E-state index contributed by atoms with van der Waals surface area (Å²) in [5, 5.41) is 0. The second-order valence-corrected chi connectivity index (χ2v) is 8.28. The number of hydrogen-bond donors (Lipinski definition) is 1. The minimum atomic E-state index is 0.134. The van der Waals surface area contributed by atoms with Crippen LogP contribution in [0.25, 0.3) is 0 Å². The highest BCUT2D eigenvalue weighted by molar-refractivity contribution is 4.96. The number of likely N-dealkylation sites (N-methyl/N-ethyl adjacent to an activating group) is 1. The standard InChI is InChI=1S/C17H38N2/c1-13(2)10-17(12-18,11-14(3)4)19(9)15(5)16(6,7)8/h13-15H,10-12,18H2,1-9H3. The third-order valence-corrected chi connectivity index (χ3v) is 4.54. The van der Waals surface area contributed by atoms with Crippen LogP contribution in [0.5, 0.6) is 0 Å². The normalized spacial score (nSPS) is 15.6. The zero-order valence-electron chi connectivity index (χ0n) is 14.9. The molecule has 2 heteroatoms. The summed E-state index contributed by atoms with van der Waals surface area (Å²) in [5.74, 6) is 1.36. The number of nitrogens with zero attached hydrogens (tertiary/aromatic N) is 1. The molecule has 1 atom stereocenters. The second-order valence-electron chi connectivity index (χ2n) is 8.28. The fourth-order valence-corrected chi connectivity index (χ4v) is 3.19. The van der Waals surface area contributed by atoms with Crippen LogP contribution in [0, 0.1) is 17.3 Å². The molecule has 1 unspecified atom stereocenters. The first-order chi connectivity index (χ1) is 8.46. The Morgan fingerprint density at radius 3 is 1.47 bits per heavy atom. The quantitative estimate of drug-likeness (QED) is 0.753. The Balaban J connectivity index is 5.31. The van der Waals surface area contributed by atoms with Crippen molar-refractivity contribution in [2.75, 3.05) is 13.6 Å². The van der Waals surface area contributed by atoms with Gasteiger partial charge in [0.15, 0.2) is 0 Å². The Bertz CT molecular complexity index is 240. The molecule has 0 rings (SSSR count). The summed E-state index contributed by atoms with van der Waals surface area (Å²) in [6, 6.07) is 0.522. The summed E-state index contributed by atoms with van der Waals surface area (Å²) in [5.41, 5.74) is 6.66. The van der Waals surface area contributed by atoms with Crippen molar-refractivity contribution in [1.82, 2.24) is 4.90 Å². The third-order valence-electron chi connectivity index (χ3n) is 4.54. The minimum Gasteiger partial charge on any atom is -0.329 e. The van der Waals surface area contributed by atoms with Gasteiger partial charge in [-0.3, -0.25) is 4.90 Å². The van der Waals surface area contributed by atoms with Gasteiger partial charge >= 0.3 is 0 Å². The lowest BCUT2D eigenvalue weighted by Gasteiger charge is -2.50. The first-order valence-corrected chi connectivity index (χ1v) is 7.89. The first-order valence-electron chi connectivity index (χ1n) is 7.89. The highest BCUT2D eigenvalue weighted by Crippen LogP contribution is 2.35. The van der Waals surface area contributed by atoms with E-state index < -0.39 is 0 Å². The van der Waals surface area contributed by atoms with Crippen LogP contribution >= 0.6 is 0 Å². The molecule has 0 bridgehead atoms. The molecule has 116 valence electrons. The Morgan fingerprint density at radius 2 is 1.26 bits per heavy atom. The van der Waals surface area contributed by atoms with Gasteiger partial charge in [-0.2, -0.15) is 0 Å². The van der Waals surface area contributed by atoms with Gasteiger partial charge in [0.25, 0.3) is 0 Å². The van der Waals surface area contributed by atoms with Crippen LogP contribution in [0.3, 0.4) is 0 Å². The lowest BCUT2D eigenvalue weighted by molar-refractivity contribution is 0.00505. The molecule has 0 aliphatic rings. The largest absolute Gasteiger partial charge is 0.329 e. The van der Waals surface area contributed by atoms with Gasteiger partial charge in [0.1, 0.15) is 0 Å². The average molecular weight is 271 g/mol. The van der Waals surface area contributed by atoms with Crippen molar-refractivity contribution in [2.24, 2.45) is 23.0 Å². The van der Waals surface area contributed by atoms with Gasteiger partial charge < -0.3 is 5.73 Å². The van der Waals surface area contributed by atoms with Crippen molar-refractivity contribution < 1.29 is 0 Å². The highest BCUT2D eigenvalue weighted by Gasteiger charge is 2.39. The van der Waals surface area contributed by atoms with Crippen molar-refractivity contribution >= 4 is 0 Å². The lowest BCUT2D eigenvalue weighted by Crippen LogP contribution is -2.59. The van der Waals surface area contributed by atoms with Crippen LogP contribution in [0.2, 0.25) is 0 Å². The van der Waals surface area contributed by atoms with E-state index in [4.69, 9.17) is 5.73 Å². The van der Waals surface area contributed by atoms with Crippen LogP contribution in [0.15, 0.2) is 0 Å². The van der Waals surface area contributed by atoms with Gasteiger partial charge in [-0.05, 0) is 44.1 Å². The summed E-state index contributed by atoms with van der Waals surface area (Å²) in [7, 11) is 2.27. The summed E-state index contributed by atoms with van der Waals surface area (Å²) >= 11 is 0. The highest BCUT2D eigenvalue weighted by atomic mass is 15.2. The van der Waals surface area contributed by atoms with Gasteiger partial charge in [-0.15, -0.1) is 0 Å². The Morgan fingerprint density at radius 1 is 0.895 bits per heavy atom. The molecule has 0 fully saturated rings. The SMILES string of the molecule is CC(C)CC(CN)(CC(C)C)N(C)C(C)C(C)(C)C. The molecule has 0 aliphatic heterocycles.